The van der Waals surface area contributed by atoms with E-state index in [4.69, 9.17) is 5.26 Å². The van der Waals surface area contributed by atoms with Crippen molar-refractivity contribution in [3.8, 4) is 6.07 Å². The lowest BCUT2D eigenvalue weighted by Gasteiger charge is -2.18. The third-order valence-electron chi connectivity index (χ3n) is 1.57. The first-order chi connectivity index (χ1) is 6.51. The highest BCUT2D eigenvalue weighted by Crippen LogP contribution is 2.13. The van der Waals surface area contributed by atoms with Gasteiger partial charge < -0.3 is 5.32 Å². The molecule has 0 saturated heterocycles. The Balaban J connectivity index is 2.58. The van der Waals surface area contributed by atoms with Crippen molar-refractivity contribution in [1.29, 1.82) is 5.26 Å². The van der Waals surface area contributed by atoms with Crippen LogP contribution in [0.3, 0.4) is 0 Å². The molecule has 4 heteroatoms. The Kier molecular flexibility index (Phi) is 3.03. The molecule has 0 aliphatic carbocycles. The number of nitrogens with one attached hydrogen (secondary N) is 1. The Hall–Kier alpha value is -1.63. The molecule has 1 heterocycles. The Bertz CT molecular complexity index is 329. The van der Waals surface area contributed by atoms with E-state index in [0.29, 0.717) is 11.5 Å². The molecule has 1 rings (SSSR count). The van der Waals surface area contributed by atoms with Gasteiger partial charge in [-0.25, -0.2) is 9.97 Å². The summed E-state index contributed by atoms with van der Waals surface area (Å²) in [5.74, 6) is 0.707. The van der Waals surface area contributed by atoms with E-state index in [1.165, 1.54) is 6.20 Å². The van der Waals surface area contributed by atoms with Gasteiger partial charge in [-0.05, 0) is 5.41 Å². The van der Waals surface area contributed by atoms with Gasteiger partial charge in [0.05, 0.1) is 12.4 Å². The maximum absolute atomic E-state index is 8.51. The number of hydrogen-bond acceptors (Lipinski definition) is 4. The van der Waals surface area contributed by atoms with Crippen molar-refractivity contribution in [2.45, 2.75) is 20.8 Å². The molecule has 0 radical (unpaired) electrons. The number of rotatable bonds is 2. The van der Waals surface area contributed by atoms with Crippen LogP contribution in [0.15, 0.2) is 12.4 Å². The number of nitrogens with zero attached hydrogens (tertiary/aromatic N) is 3. The number of anilines is 1. The summed E-state index contributed by atoms with van der Waals surface area (Å²) in [5.41, 5.74) is 0.543. The Morgan fingerprint density at radius 2 is 2.07 bits per heavy atom. The van der Waals surface area contributed by atoms with Gasteiger partial charge in [0.25, 0.3) is 0 Å². The van der Waals surface area contributed by atoms with Crippen LogP contribution in [0.1, 0.15) is 26.5 Å². The fourth-order valence-electron chi connectivity index (χ4n) is 0.833. The number of hydrogen-bond donors (Lipinski definition) is 1. The second-order valence-electron chi connectivity index (χ2n) is 4.31. The second-order valence-corrected chi connectivity index (χ2v) is 4.31. The van der Waals surface area contributed by atoms with E-state index < -0.39 is 0 Å². The van der Waals surface area contributed by atoms with Crippen molar-refractivity contribution in [2.24, 2.45) is 5.41 Å². The van der Waals surface area contributed by atoms with Crippen LogP contribution in [0.5, 0.6) is 0 Å². The van der Waals surface area contributed by atoms with Crippen LogP contribution in [0.25, 0.3) is 0 Å². The van der Waals surface area contributed by atoms with Crippen molar-refractivity contribution in [3.05, 3.63) is 18.1 Å². The number of nitriles is 1. The molecule has 0 bridgehead atoms. The summed E-state index contributed by atoms with van der Waals surface area (Å²) in [5, 5.41) is 11.7. The average molecular weight is 190 g/mol. The molecule has 0 amide bonds. The van der Waals surface area contributed by atoms with E-state index in [0.717, 1.165) is 6.54 Å². The Morgan fingerprint density at radius 3 is 2.50 bits per heavy atom. The third-order valence-corrected chi connectivity index (χ3v) is 1.57. The molecule has 0 saturated carbocycles. The minimum absolute atomic E-state index is 0.204. The maximum atomic E-state index is 8.51. The van der Waals surface area contributed by atoms with Gasteiger partial charge in [-0.15, -0.1) is 0 Å². The van der Waals surface area contributed by atoms with Crippen molar-refractivity contribution < 1.29 is 0 Å². The Labute approximate surface area is 84.0 Å². The van der Waals surface area contributed by atoms with Crippen LogP contribution in [-0.4, -0.2) is 16.5 Å². The van der Waals surface area contributed by atoms with E-state index in [-0.39, 0.29) is 5.41 Å². The van der Waals surface area contributed by atoms with Crippen LogP contribution < -0.4 is 5.32 Å². The topological polar surface area (TPSA) is 61.6 Å². The van der Waals surface area contributed by atoms with E-state index >= 15 is 0 Å². The lowest BCUT2D eigenvalue weighted by atomic mass is 9.97. The largest absolute Gasteiger partial charge is 0.368 e. The van der Waals surface area contributed by atoms with E-state index in [9.17, 15) is 0 Å². The smallest absolute Gasteiger partial charge is 0.158 e. The van der Waals surface area contributed by atoms with Crippen LogP contribution in [0.2, 0.25) is 0 Å². The first-order valence-electron chi connectivity index (χ1n) is 4.47. The molecule has 1 aromatic rings. The van der Waals surface area contributed by atoms with Crippen molar-refractivity contribution in [1.82, 2.24) is 9.97 Å². The molecule has 0 spiro atoms. The van der Waals surface area contributed by atoms with Crippen molar-refractivity contribution >= 4 is 5.82 Å². The van der Waals surface area contributed by atoms with Gasteiger partial charge in [-0.2, -0.15) is 5.26 Å². The zero-order chi connectivity index (χ0) is 10.6. The average Bonchev–Trinajstić information content (AvgIpc) is 2.14. The first-order valence-corrected chi connectivity index (χ1v) is 4.47. The SMILES string of the molecule is CC(C)(C)CNc1cnc(C#N)cn1. The molecule has 0 aromatic carbocycles. The summed E-state index contributed by atoms with van der Waals surface area (Å²) >= 11 is 0. The standard InChI is InChI=1S/C10H14N4/c1-10(2,3)7-14-9-6-12-8(4-11)5-13-9/h5-6H,7H2,1-3H3,(H,13,14). The molecular formula is C10H14N4. The second kappa shape index (κ2) is 4.05. The molecule has 0 unspecified atom stereocenters. The highest BCUT2D eigenvalue weighted by atomic mass is 15.0. The predicted octanol–water partition coefficient (Wildman–Crippen LogP) is 1.81. The van der Waals surface area contributed by atoms with Gasteiger partial charge in [0, 0.05) is 6.54 Å². The maximum Gasteiger partial charge on any atom is 0.158 e. The molecule has 14 heavy (non-hydrogen) atoms. The zero-order valence-corrected chi connectivity index (χ0v) is 8.70. The minimum atomic E-state index is 0.204. The molecular weight excluding hydrogens is 176 g/mol. The van der Waals surface area contributed by atoms with Crippen LogP contribution in [-0.2, 0) is 0 Å². The summed E-state index contributed by atoms with van der Waals surface area (Å²) in [6.45, 7) is 7.23. The highest BCUT2D eigenvalue weighted by Gasteiger charge is 2.09. The first kappa shape index (κ1) is 10.5. The molecule has 0 aliphatic heterocycles. The summed E-state index contributed by atoms with van der Waals surface area (Å²) in [4.78, 5) is 7.97. The van der Waals surface area contributed by atoms with Gasteiger partial charge >= 0.3 is 0 Å². The van der Waals surface area contributed by atoms with E-state index in [2.05, 4.69) is 36.1 Å². The quantitative estimate of drug-likeness (QED) is 0.772. The molecule has 4 nitrogen and oxygen atoms in total. The molecule has 0 fully saturated rings. The van der Waals surface area contributed by atoms with Gasteiger partial charge in [0.15, 0.2) is 5.69 Å². The Morgan fingerprint density at radius 1 is 1.36 bits per heavy atom. The van der Waals surface area contributed by atoms with Gasteiger partial charge in [0.2, 0.25) is 0 Å². The van der Waals surface area contributed by atoms with Crippen LogP contribution >= 0.6 is 0 Å². The van der Waals surface area contributed by atoms with Crippen LogP contribution in [0.4, 0.5) is 5.82 Å². The molecule has 1 aromatic heterocycles. The lowest BCUT2D eigenvalue weighted by molar-refractivity contribution is 0.442. The van der Waals surface area contributed by atoms with Crippen molar-refractivity contribution in [3.63, 3.8) is 0 Å². The summed E-state index contributed by atoms with van der Waals surface area (Å²) in [6, 6.07) is 1.93. The van der Waals surface area contributed by atoms with E-state index in [1.807, 2.05) is 6.07 Å². The normalized spacial score (nSPS) is 10.7. The highest BCUT2D eigenvalue weighted by molar-refractivity contribution is 5.33. The fourth-order valence-corrected chi connectivity index (χ4v) is 0.833. The summed E-state index contributed by atoms with van der Waals surface area (Å²) < 4.78 is 0. The molecule has 1 N–H and O–H groups in total. The fraction of sp³-hybridized carbons (Fsp3) is 0.500. The number of aromatic nitrogens is 2. The predicted molar refractivity (Wildman–Crippen MR) is 54.7 cm³/mol. The molecule has 0 aliphatic rings. The van der Waals surface area contributed by atoms with Crippen molar-refractivity contribution in [2.75, 3.05) is 11.9 Å². The lowest BCUT2D eigenvalue weighted by Crippen LogP contribution is -2.19. The monoisotopic (exact) mass is 190 g/mol. The molecule has 0 atom stereocenters. The van der Waals surface area contributed by atoms with Gasteiger partial charge in [0.1, 0.15) is 11.9 Å². The third kappa shape index (κ3) is 3.40. The van der Waals surface area contributed by atoms with Gasteiger partial charge in [-0.3, -0.25) is 0 Å². The zero-order valence-electron chi connectivity index (χ0n) is 8.70. The van der Waals surface area contributed by atoms with Crippen LogP contribution in [0, 0.1) is 16.7 Å². The summed E-state index contributed by atoms with van der Waals surface area (Å²) in [6.07, 6.45) is 3.04. The summed E-state index contributed by atoms with van der Waals surface area (Å²) in [7, 11) is 0. The van der Waals surface area contributed by atoms with E-state index in [1.54, 1.807) is 6.20 Å². The minimum Gasteiger partial charge on any atom is -0.368 e. The van der Waals surface area contributed by atoms with Gasteiger partial charge in [-0.1, -0.05) is 20.8 Å². The molecule has 74 valence electrons.